The molecule has 0 aliphatic rings. The Kier molecular flexibility index (Phi) is 18.3. The molecule has 0 bridgehead atoms. The van der Waals surface area contributed by atoms with Crippen molar-refractivity contribution in [3.63, 3.8) is 0 Å². The molecule has 2 nitrogen and oxygen atoms in total. The van der Waals surface area contributed by atoms with Crippen molar-refractivity contribution in [1.82, 2.24) is 0 Å². The number of unbranched alkanes of at least 4 members (excludes halogenated alkanes) is 12. The molecule has 0 spiro atoms. The molecule has 0 saturated heterocycles. The number of esters is 1. The van der Waals surface area contributed by atoms with Crippen LogP contribution in [0.25, 0.3) is 0 Å². The van der Waals surface area contributed by atoms with Gasteiger partial charge in [0.05, 0.1) is 6.61 Å². The molecule has 0 amide bonds. The summed E-state index contributed by atoms with van der Waals surface area (Å²) in [6.45, 7) is 7.90. The fraction of sp³-hybridized carbons (Fsp3) is 0.870. The smallest absolute Gasteiger partial charge is 0.333 e. The first kappa shape index (κ1) is 25.1. The van der Waals surface area contributed by atoms with E-state index in [1.54, 1.807) is 6.92 Å². The minimum atomic E-state index is -0.634. The molecule has 3 heteroatoms. The van der Waals surface area contributed by atoms with Crippen LogP contribution in [0.5, 0.6) is 0 Å². The van der Waals surface area contributed by atoms with E-state index in [0.29, 0.717) is 18.6 Å². The highest BCUT2D eigenvalue weighted by molar-refractivity contribution is 5.86. The maximum absolute atomic E-state index is 13.8. The zero-order chi connectivity index (χ0) is 19.5. The van der Waals surface area contributed by atoms with E-state index in [4.69, 9.17) is 4.74 Å². The third kappa shape index (κ3) is 17.9. The minimum absolute atomic E-state index is 0.315. The second-order valence-electron chi connectivity index (χ2n) is 7.69. The van der Waals surface area contributed by atoms with Crippen LogP contribution in [0.3, 0.4) is 0 Å². The summed E-state index contributed by atoms with van der Waals surface area (Å²) in [6, 6.07) is 0. The number of rotatable bonds is 19. The largest absolute Gasteiger partial charge is 0.462 e. The summed E-state index contributed by atoms with van der Waals surface area (Å²) in [5, 5.41) is 0. The third-order valence-corrected chi connectivity index (χ3v) is 4.86. The Morgan fingerprint density at radius 3 is 1.69 bits per heavy atom. The van der Waals surface area contributed by atoms with Gasteiger partial charge in [-0.15, -0.1) is 0 Å². The molecular weight excluding hydrogens is 327 g/mol. The van der Waals surface area contributed by atoms with Gasteiger partial charge in [0, 0.05) is 5.57 Å². The summed E-state index contributed by atoms with van der Waals surface area (Å²) < 4.78 is 18.9. The monoisotopic (exact) mass is 370 g/mol. The Balaban J connectivity index is 3.23. The highest BCUT2D eigenvalue weighted by Gasteiger charge is 2.06. The summed E-state index contributed by atoms with van der Waals surface area (Å²) in [7, 11) is 0. The Labute approximate surface area is 162 Å². The molecule has 0 saturated carbocycles. The molecule has 0 aliphatic heterocycles. The molecule has 0 heterocycles. The van der Waals surface area contributed by atoms with Crippen LogP contribution in [0.15, 0.2) is 12.2 Å². The van der Waals surface area contributed by atoms with Crippen molar-refractivity contribution in [2.24, 2.45) is 0 Å². The Hall–Kier alpha value is -0.860. The third-order valence-electron chi connectivity index (χ3n) is 4.86. The van der Waals surface area contributed by atoms with Gasteiger partial charge in [-0.2, -0.15) is 0 Å². The molecule has 1 unspecified atom stereocenters. The van der Waals surface area contributed by atoms with Crippen molar-refractivity contribution in [2.75, 3.05) is 6.61 Å². The number of ether oxygens (including phenoxy) is 1. The Morgan fingerprint density at radius 2 is 1.23 bits per heavy atom. The quantitative estimate of drug-likeness (QED) is 0.132. The average molecular weight is 371 g/mol. The van der Waals surface area contributed by atoms with Crippen LogP contribution >= 0.6 is 0 Å². The number of alkyl halides is 1. The molecular formula is C23H43FO2. The predicted octanol–water partition coefficient (Wildman–Crippen LogP) is 7.71. The molecule has 0 N–H and O–H groups in total. The molecule has 1 atom stereocenters. The lowest BCUT2D eigenvalue weighted by Crippen LogP contribution is -2.06. The van der Waals surface area contributed by atoms with Crippen LogP contribution in [-0.2, 0) is 9.53 Å². The maximum Gasteiger partial charge on any atom is 0.333 e. The summed E-state index contributed by atoms with van der Waals surface area (Å²) in [5.41, 5.74) is 0.442. The Bertz CT molecular complexity index is 341. The van der Waals surface area contributed by atoms with Gasteiger partial charge in [-0.3, -0.25) is 0 Å². The molecule has 0 fully saturated rings. The maximum atomic E-state index is 13.8. The zero-order valence-electron chi connectivity index (χ0n) is 17.5. The van der Waals surface area contributed by atoms with Gasteiger partial charge in [0.1, 0.15) is 6.17 Å². The number of hydrogen-bond donors (Lipinski definition) is 0. The highest BCUT2D eigenvalue weighted by atomic mass is 19.1. The first-order valence-electron chi connectivity index (χ1n) is 11.0. The molecule has 154 valence electrons. The summed E-state index contributed by atoms with van der Waals surface area (Å²) in [6.07, 6.45) is 17.6. The number of carbonyl (C=O) groups excluding carboxylic acids is 1. The van der Waals surface area contributed by atoms with Gasteiger partial charge in [-0.05, 0) is 26.2 Å². The van der Waals surface area contributed by atoms with Crippen LogP contribution < -0.4 is 0 Å². The second kappa shape index (κ2) is 18.9. The molecule has 0 aromatic heterocycles. The van der Waals surface area contributed by atoms with Crippen molar-refractivity contribution in [3.8, 4) is 0 Å². The van der Waals surface area contributed by atoms with Crippen LogP contribution in [0.1, 0.15) is 117 Å². The van der Waals surface area contributed by atoms with Gasteiger partial charge in [0.15, 0.2) is 0 Å². The molecule has 26 heavy (non-hydrogen) atoms. The standard InChI is InChI=1S/C23H43FO2/c1-4-5-6-7-8-9-10-11-12-15-18-22(24)19-16-13-14-17-20-26-23(25)21(2)3/h22H,2,4-20H2,1,3H3. The topological polar surface area (TPSA) is 26.3 Å². The van der Waals surface area contributed by atoms with Crippen molar-refractivity contribution >= 4 is 5.97 Å². The molecule has 0 aromatic rings. The first-order valence-corrected chi connectivity index (χ1v) is 11.0. The van der Waals surface area contributed by atoms with Crippen molar-refractivity contribution in [1.29, 1.82) is 0 Å². The van der Waals surface area contributed by atoms with Crippen molar-refractivity contribution in [2.45, 2.75) is 123 Å². The lowest BCUT2D eigenvalue weighted by molar-refractivity contribution is -0.139. The van der Waals surface area contributed by atoms with E-state index in [1.165, 1.54) is 57.8 Å². The SMILES string of the molecule is C=C(C)C(=O)OCCCCCCC(F)CCCCCCCCCCCC. The highest BCUT2D eigenvalue weighted by Crippen LogP contribution is 2.16. The van der Waals surface area contributed by atoms with Crippen molar-refractivity contribution < 1.29 is 13.9 Å². The summed E-state index contributed by atoms with van der Waals surface area (Å²) >= 11 is 0. The minimum Gasteiger partial charge on any atom is -0.462 e. The Morgan fingerprint density at radius 1 is 0.808 bits per heavy atom. The van der Waals surface area contributed by atoms with Gasteiger partial charge >= 0.3 is 5.97 Å². The lowest BCUT2D eigenvalue weighted by Gasteiger charge is -2.08. The summed E-state index contributed by atoms with van der Waals surface area (Å²) in [4.78, 5) is 11.2. The number of hydrogen-bond acceptors (Lipinski definition) is 2. The van der Waals surface area contributed by atoms with E-state index in [9.17, 15) is 9.18 Å². The van der Waals surface area contributed by atoms with Crippen LogP contribution in [-0.4, -0.2) is 18.7 Å². The molecule has 0 aliphatic carbocycles. The van der Waals surface area contributed by atoms with E-state index >= 15 is 0 Å². The van der Waals surface area contributed by atoms with Gasteiger partial charge < -0.3 is 4.74 Å². The summed E-state index contributed by atoms with van der Waals surface area (Å²) in [5.74, 6) is -0.315. The van der Waals surface area contributed by atoms with E-state index in [2.05, 4.69) is 13.5 Å². The fourth-order valence-corrected chi connectivity index (χ4v) is 3.11. The lowest BCUT2D eigenvalue weighted by atomic mass is 10.0. The van der Waals surface area contributed by atoms with Gasteiger partial charge in [0.2, 0.25) is 0 Å². The van der Waals surface area contributed by atoms with E-state index in [1.807, 2.05) is 0 Å². The second-order valence-corrected chi connectivity index (χ2v) is 7.69. The first-order chi connectivity index (χ1) is 12.6. The van der Waals surface area contributed by atoms with E-state index < -0.39 is 6.17 Å². The molecule has 0 rings (SSSR count). The van der Waals surface area contributed by atoms with Gasteiger partial charge in [-0.25, -0.2) is 9.18 Å². The molecule has 0 aromatic carbocycles. The number of carbonyl (C=O) groups is 1. The number of halogens is 1. The van der Waals surface area contributed by atoms with Crippen LogP contribution in [0.2, 0.25) is 0 Å². The van der Waals surface area contributed by atoms with Crippen LogP contribution in [0.4, 0.5) is 4.39 Å². The average Bonchev–Trinajstić information content (AvgIpc) is 2.62. The van der Waals surface area contributed by atoms with E-state index in [-0.39, 0.29) is 5.97 Å². The zero-order valence-corrected chi connectivity index (χ0v) is 17.5. The molecule has 0 radical (unpaired) electrons. The van der Waals surface area contributed by atoms with Crippen LogP contribution in [0, 0.1) is 0 Å². The van der Waals surface area contributed by atoms with E-state index in [0.717, 1.165) is 38.5 Å². The van der Waals surface area contributed by atoms with Gasteiger partial charge in [-0.1, -0.05) is 97.0 Å². The van der Waals surface area contributed by atoms with Gasteiger partial charge in [0.25, 0.3) is 0 Å². The fourth-order valence-electron chi connectivity index (χ4n) is 3.11. The van der Waals surface area contributed by atoms with Crippen molar-refractivity contribution in [3.05, 3.63) is 12.2 Å². The predicted molar refractivity (Wildman–Crippen MR) is 110 cm³/mol. The normalized spacial score (nSPS) is 12.1.